The molecule has 1 unspecified atom stereocenters. The van der Waals surface area contributed by atoms with Gasteiger partial charge in [0.2, 0.25) is 0 Å². The monoisotopic (exact) mass is 278 g/mol. The highest BCUT2D eigenvalue weighted by Crippen LogP contribution is 2.34. The fraction of sp³-hybridized carbons (Fsp3) is 0.647. The molecule has 0 saturated carbocycles. The van der Waals surface area contributed by atoms with Crippen LogP contribution in [0, 0.1) is 17.2 Å². The Morgan fingerprint density at radius 3 is 2.65 bits per heavy atom. The first-order chi connectivity index (χ1) is 9.36. The number of nitrogen functional groups attached to an aromatic ring is 1. The third-order valence-electron chi connectivity index (χ3n) is 4.55. The number of nitrogens with two attached hydrogens (primary N) is 1. The fourth-order valence-corrected chi connectivity index (χ4v) is 3.13. The number of hydrogen-bond donors (Lipinski definition) is 1. The van der Waals surface area contributed by atoms with Gasteiger partial charge in [-0.05, 0) is 61.4 Å². The lowest BCUT2D eigenvalue weighted by molar-refractivity contribution is 0.206. The fourth-order valence-electron chi connectivity index (χ4n) is 3.13. The second-order valence-corrected chi connectivity index (χ2v) is 7.11. The molecular formula is C17H27FN2. The van der Waals surface area contributed by atoms with E-state index in [1.54, 1.807) is 0 Å². The highest BCUT2D eigenvalue weighted by Gasteiger charge is 2.27. The van der Waals surface area contributed by atoms with Crippen LogP contribution < -0.4 is 5.73 Å². The van der Waals surface area contributed by atoms with E-state index in [-0.39, 0.29) is 5.82 Å². The average Bonchev–Trinajstić information content (AvgIpc) is 2.58. The third kappa shape index (κ3) is 3.95. The Kier molecular flexibility index (Phi) is 4.69. The molecule has 0 aromatic heterocycles. The molecule has 112 valence electrons. The van der Waals surface area contributed by atoms with E-state index >= 15 is 0 Å². The highest BCUT2D eigenvalue weighted by atomic mass is 19.1. The van der Waals surface area contributed by atoms with E-state index in [4.69, 9.17) is 5.73 Å². The molecule has 0 aliphatic carbocycles. The van der Waals surface area contributed by atoms with Crippen molar-refractivity contribution >= 4 is 5.69 Å². The van der Waals surface area contributed by atoms with Crippen LogP contribution in [0.15, 0.2) is 18.2 Å². The summed E-state index contributed by atoms with van der Waals surface area (Å²) in [6, 6.07) is 4.74. The van der Waals surface area contributed by atoms with E-state index in [9.17, 15) is 4.39 Å². The first-order valence-corrected chi connectivity index (χ1v) is 7.62. The molecule has 1 aromatic rings. The molecule has 0 bridgehead atoms. The van der Waals surface area contributed by atoms with Crippen molar-refractivity contribution in [3.05, 3.63) is 29.6 Å². The molecule has 0 spiro atoms. The molecule has 1 aromatic carbocycles. The van der Waals surface area contributed by atoms with Crippen LogP contribution in [0.5, 0.6) is 0 Å². The van der Waals surface area contributed by atoms with Crippen molar-refractivity contribution in [1.82, 2.24) is 4.90 Å². The summed E-state index contributed by atoms with van der Waals surface area (Å²) in [6.45, 7) is 10.1. The zero-order valence-corrected chi connectivity index (χ0v) is 13.0. The Morgan fingerprint density at radius 2 is 2.00 bits per heavy atom. The summed E-state index contributed by atoms with van der Waals surface area (Å²) in [5.74, 6) is 0.535. The van der Waals surface area contributed by atoms with Crippen LogP contribution in [0.1, 0.15) is 45.6 Å². The molecule has 1 fully saturated rings. The van der Waals surface area contributed by atoms with E-state index in [0.29, 0.717) is 11.1 Å². The van der Waals surface area contributed by atoms with E-state index in [2.05, 4.69) is 25.7 Å². The summed E-state index contributed by atoms with van der Waals surface area (Å²) in [4.78, 5) is 2.45. The van der Waals surface area contributed by atoms with Gasteiger partial charge in [0.25, 0.3) is 0 Å². The SMILES string of the molecule is CC(C)(C)C1CCCN(Cc2ccc(F)cc2N)CC1. The van der Waals surface area contributed by atoms with Gasteiger partial charge in [0.15, 0.2) is 0 Å². The summed E-state index contributed by atoms with van der Waals surface area (Å²) in [5.41, 5.74) is 7.91. The van der Waals surface area contributed by atoms with E-state index in [1.165, 1.54) is 31.4 Å². The molecule has 2 rings (SSSR count). The van der Waals surface area contributed by atoms with Crippen LogP contribution in [0.25, 0.3) is 0 Å². The number of rotatable bonds is 2. The predicted molar refractivity (Wildman–Crippen MR) is 82.9 cm³/mol. The molecule has 1 aliphatic heterocycles. The summed E-state index contributed by atoms with van der Waals surface area (Å²) < 4.78 is 13.1. The van der Waals surface area contributed by atoms with Crippen LogP contribution in [-0.2, 0) is 6.54 Å². The minimum atomic E-state index is -0.255. The summed E-state index contributed by atoms with van der Waals surface area (Å²) in [7, 11) is 0. The number of halogens is 1. The van der Waals surface area contributed by atoms with Crippen LogP contribution in [0.4, 0.5) is 10.1 Å². The minimum absolute atomic E-state index is 0.255. The molecule has 1 heterocycles. The zero-order valence-electron chi connectivity index (χ0n) is 13.0. The van der Waals surface area contributed by atoms with Gasteiger partial charge in [-0.25, -0.2) is 4.39 Å². The standard InChI is InChI=1S/C17H27FN2/c1-17(2,3)14-5-4-9-20(10-8-14)12-13-6-7-15(18)11-16(13)19/h6-7,11,14H,4-5,8-10,12,19H2,1-3H3. The van der Waals surface area contributed by atoms with E-state index < -0.39 is 0 Å². The lowest BCUT2D eigenvalue weighted by Gasteiger charge is -2.29. The van der Waals surface area contributed by atoms with Gasteiger partial charge in [-0.2, -0.15) is 0 Å². The molecule has 1 aliphatic rings. The quantitative estimate of drug-likeness (QED) is 0.827. The number of benzene rings is 1. The Hall–Kier alpha value is -1.09. The van der Waals surface area contributed by atoms with Crippen LogP contribution in [0.3, 0.4) is 0 Å². The molecule has 0 amide bonds. The van der Waals surface area contributed by atoms with Gasteiger partial charge in [-0.1, -0.05) is 26.8 Å². The average molecular weight is 278 g/mol. The van der Waals surface area contributed by atoms with Gasteiger partial charge in [-0.15, -0.1) is 0 Å². The molecule has 20 heavy (non-hydrogen) atoms. The van der Waals surface area contributed by atoms with Crippen molar-refractivity contribution in [2.24, 2.45) is 11.3 Å². The van der Waals surface area contributed by atoms with Crippen molar-refractivity contribution in [2.45, 2.75) is 46.6 Å². The largest absolute Gasteiger partial charge is 0.398 e. The van der Waals surface area contributed by atoms with Gasteiger partial charge in [0.1, 0.15) is 5.82 Å². The van der Waals surface area contributed by atoms with Crippen molar-refractivity contribution < 1.29 is 4.39 Å². The number of anilines is 1. The van der Waals surface area contributed by atoms with Gasteiger partial charge in [0, 0.05) is 12.2 Å². The summed E-state index contributed by atoms with van der Waals surface area (Å²) in [6.07, 6.45) is 3.78. The molecule has 3 heteroatoms. The Bertz CT molecular complexity index is 451. The number of likely N-dealkylation sites (tertiary alicyclic amines) is 1. The molecule has 2 N–H and O–H groups in total. The normalized spacial score (nSPS) is 21.7. The molecule has 1 saturated heterocycles. The summed E-state index contributed by atoms with van der Waals surface area (Å²) in [5, 5.41) is 0. The van der Waals surface area contributed by atoms with Gasteiger partial charge >= 0.3 is 0 Å². The smallest absolute Gasteiger partial charge is 0.125 e. The van der Waals surface area contributed by atoms with Crippen LogP contribution in [-0.4, -0.2) is 18.0 Å². The first-order valence-electron chi connectivity index (χ1n) is 7.62. The van der Waals surface area contributed by atoms with E-state index in [1.807, 2.05) is 6.07 Å². The predicted octanol–water partition coefficient (Wildman–Crippen LogP) is 4.06. The molecule has 2 nitrogen and oxygen atoms in total. The lowest BCUT2D eigenvalue weighted by atomic mass is 9.77. The molecule has 1 atom stereocenters. The van der Waals surface area contributed by atoms with Crippen molar-refractivity contribution in [1.29, 1.82) is 0 Å². The first kappa shape index (κ1) is 15.3. The Labute approximate surface area is 122 Å². The van der Waals surface area contributed by atoms with Gasteiger partial charge in [0.05, 0.1) is 0 Å². The number of hydrogen-bond acceptors (Lipinski definition) is 2. The van der Waals surface area contributed by atoms with Crippen molar-refractivity contribution in [3.8, 4) is 0 Å². The summed E-state index contributed by atoms with van der Waals surface area (Å²) >= 11 is 0. The Morgan fingerprint density at radius 1 is 1.25 bits per heavy atom. The highest BCUT2D eigenvalue weighted by molar-refractivity contribution is 5.46. The van der Waals surface area contributed by atoms with Crippen LogP contribution in [0.2, 0.25) is 0 Å². The van der Waals surface area contributed by atoms with Gasteiger partial charge < -0.3 is 5.73 Å². The minimum Gasteiger partial charge on any atom is -0.398 e. The van der Waals surface area contributed by atoms with Gasteiger partial charge in [-0.3, -0.25) is 4.90 Å². The molecular weight excluding hydrogens is 251 g/mol. The second kappa shape index (κ2) is 6.13. The van der Waals surface area contributed by atoms with Crippen LogP contribution >= 0.6 is 0 Å². The lowest BCUT2D eigenvalue weighted by Crippen LogP contribution is -2.26. The molecule has 0 radical (unpaired) electrons. The van der Waals surface area contributed by atoms with Crippen molar-refractivity contribution in [2.75, 3.05) is 18.8 Å². The Balaban J connectivity index is 1.97. The maximum atomic E-state index is 13.1. The third-order valence-corrected chi connectivity index (χ3v) is 4.55. The van der Waals surface area contributed by atoms with Crippen molar-refractivity contribution in [3.63, 3.8) is 0 Å². The van der Waals surface area contributed by atoms with E-state index in [0.717, 1.165) is 31.1 Å². The second-order valence-electron chi connectivity index (χ2n) is 7.11. The maximum Gasteiger partial charge on any atom is 0.125 e. The zero-order chi connectivity index (χ0) is 14.8. The maximum absolute atomic E-state index is 13.1. The number of nitrogens with zero attached hydrogens (tertiary/aromatic N) is 1. The topological polar surface area (TPSA) is 29.3 Å².